The first-order valence-corrected chi connectivity index (χ1v) is 12.1. The summed E-state index contributed by atoms with van der Waals surface area (Å²) in [7, 11) is -1.81. The van der Waals surface area contributed by atoms with E-state index in [0.29, 0.717) is 17.2 Å². The summed E-state index contributed by atoms with van der Waals surface area (Å²) in [5.41, 5.74) is 2.98. The number of rotatable bonds is 4. The second kappa shape index (κ2) is 8.18. The number of ether oxygens (including phenoxy) is 2. The third-order valence-electron chi connectivity index (χ3n) is 6.29. The van der Waals surface area contributed by atoms with Crippen LogP contribution >= 0.6 is 0 Å². The van der Waals surface area contributed by atoms with Crippen molar-refractivity contribution in [3.63, 3.8) is 0 Å². The van der Waals surface area contributed by atoms with Crippen LogP contribution in [-0.4, -0.2) is 52.8 Å². The molecule has 2 aromatic rings. The highest BCUT2D eigenvalue weighted by molar-refractivity contribution is 7.89. The lowest BCUT2D eigenvalue weighted by molar-refractivity contribution is 0.176. The van der Waals surface area contributed by atoms with E-state index in [4.69, 9.17) is 9.47 Å². The van der Waals surface area contributed by atoms with Crippen molar-refractivity contribution in [2.75, 3.05) is 38.7 Å². The van der Waals surface area contributed by atoms with Crippen LogP contribution in [-0.2, 0) is 10.0 Å². The van der Waals surface area contributed by atoms with E-state index in [-0.39, 0.29) is 12.1 Å². The van der Waals surface area contributed by atoms with Gasteiger partial charge in [0.1, 0.15) is 23.0 Å². The number of sulfonamides is 1. The van der Waals surface area contributed by atoms with E-state index in [1.54, 1.807) is 19.2 Å². The average Bonchev–Trinajstić information content (AvgIpc) is 2.78. The van der Waals surface area contributed by atoms with Crippen LogP contribution in [0.1, 0.15) is 18.4 Å². The summed E-state index contributed by atoms with van der Waals surface area (Å²) in [6, 6.07) is 12.9. The first kappa shape index (κ1) is 20.4. The first-order chi connectivity index (χ1) is 15.0. The van der Waals surface area contributed by atoms with Gasteiger partial charge in [-0.05, 0) is 73.8 Å². The number of piperidine rings is 1. The summed E-state index contributed by atoms with van der Waals surface area (Å²) in [4.78, 5) is 2.74. The number of methoxy groups -OCH3 is 1. The van der Waals surface area contributed by atoms with Crippen LogP contribution < -0.4 is 19.5 Å². The fourth-order valence-electron chi connectivity index (χ4n) is 4.61. The summed E-state index contributed by atoms with van der Waals surface area (Å²) in [6.07, 6.45) is 3.79. The minimum absolute atomic E-state index is 0.251. The molecule has 0 spiro atoms. The molecule has 31 heavy (non-hydrogen) atoms. The summed E-state index contributed by atoms with van der Waals surface area (Å²) < 4.78 is 39.3. The lowest BCUT2D eigenvalue weighted by Crippen LogP contribution is -2.52. The van der Waals surface area contributed by atoms with Crippen LogP contribution in [0.2, 0.25) is 0 Å². The Hall–Kier alpha value is -2.55. The predicted octanol–water partition coefficient (Wildman–Crippen LogP) is 2.91. The van der Waals surface area contributed by atoms with Crippen molar-refractivity contribution < 1.29 is 17.9 Å². The summed E-state index contributed by atoms with van der Waals surface area (Å²) >= 11 is 0. The van der Waals surface area contributed by atoms with E-state index >= 15 is 0 Å². The highest BCUT2D eigenvalue weighted by atomic mass is 32.2. The van der Waals surface area contributed by atoms with E-state index in [9.17, 15) is 8.42 Å². The molecule has 3 heterocycles. The molecule has 5 rings (SSSR count). The van der Waals surface area contributed by atoms with Gasteiger partial charge in [-0.1, -0.05) is 12.1 Å². The molecule has 0 radical (unpaired) electrons. The number of nitrogens with zero attached hydrogens (tertiary/aromatic N) is 1. The number of nitrogens with one attached hydrogen (secondary N) is 2. The Morgan fingerprint density at radius 3 is 2.77 bits per heavy atom. The van der Waals surface area contributed by atoms with E-state index in [1.807, 2.05) is 30.3 Å². The SMILES string of the molecule is COc1ccc2c(c1)C=C(CN1CCC([C@H]3Nc4ccccc4S(=O)(=O)N3)CC1)CO2. The number of likely N-dealkylation sites (tertiary alicyclic amines) is 1. The Labute approximate surface area is 183 Å². The molecule has 1 fully saturated rings. The van der Waals surface area contributed by atoms with Gasteiger partial charge in [-0.15, -0.1) is 0 Å². The maximum atomic E-state index is 12.6. The van der Waals surface area contributed by atoms with Crippen LogP contribution in [0.4, 0.5) is 5.69 Å². The first-order valence-electron chi connectivity index (χ1n) is 10.6. The third-order valence-corrected chi connectivity index (χ3v) is 7.79. The molecule has 2 aromatic carbocycles. The predicted molar refractivity (Wildman–Crippen MR) is 120 cm³/mol. The van der Waals surface area contributed by atoms with Crippen molar-refractivity contribution in [2.45, 2.75) is 23.9 Å². The molecule has 3 aliphatic rings. The van der Waals surface area contributed by atoms with Crippen LogP contribution in [0.3, 0.4) is 0 Å². The Kier molecular flexibility index (Phi) is 5.37. The van der Waals surface area contributed by atoms with Gasteiger partial charge in [-0.3, -0.25) is 4.90 Å². The number of para-hydroxylation sites is 1. The lowest BCUT2D eigenvalue weighted by Gasteiger charge is -2.39. The second-order valence-corrected chi connectivity index (χ2v) is 10.0. The van der Waals surface area contributed by atoms with Gasteiger partial charge in [0.2, 0.25) is 10.0 Å². The van der Waals surface area contributed by atoms with Gasteiger partial charge in [0.05, 0.1) is 19.0 Å². The second-order valence-electron chi connectivity index (χ2n) is 8.35. The van der Waals surface area contributed by atoms with E-state index in [2.05, 4.69) is 21.0 Å². The van der Waals surface area contributed by atoms with E-state index in [0.717, 1.165) is 49.5 Å². The molecule has 7 nitrogen and oxygen atoms in total. The maximum Gasteiger partial charge on any atom is 0.244 e. The maximum absolute atomic E-state index is 12.6. The molecular weight excluding hydrogens is 414 g/mol. The quantitative estimate of drug-likeness (QED) is 0.760. The molecule has 0 aromatic heterocycles. The molecule has 0 unspecified atom stereocenters. The molecular formula is C23H27N3O4S. The molecule has 8 heteroatoms. The molecule has 0 bridgehead atoms. The van der Waals surface area contributed by atoms with Gasteiger partial charge in [0.15, 0.2) is 0 Å². The van der Waals surface area contributed by atoms with Crippen molar-refractivity contribution >= 4 is 21.8 Å². The molecule has 2 N–H and O–H groups in total. The van der Waals surface area contributed by atoms with Gasteiger partial charge in [-0.2, -0.15) is 4.72 Å². The number of benzene rings is 2. The monoisotopic (exact) mass is 441 g/mol. The molecule has 0 amide bonds. The van der Waals surface area contributed by atoms with Crippen molar-refractivity contribution in [3.05, 3.63) is 53.6 Å². The Bertz CT molecular complexity index is 1110. The highest BCUT2D eigenvalue weighted by Crippen LogP contribution is 2.32. The van der Waals surface area contributed by atoms with Gasteiger partial charge < -0.3 is 14.8 Å². The van der Waals surface area contributed by atoms with Crippen LogP contribution in [0.15, 0.2) is 52.9 Å². The zero-order valence-electron chi connectivity index (χ0n) is 17.5. The number of hydrogen-bond acceptors (Lipinski definition) is 6. The average molecular weight is 442 g/mol. The van der Waals surface area contributed by atoms with Crippen molar-refractivity contribution in [2.24, 2.45) is 5.92 Å². The van der Waals surface area contributed by atoms with E-state index in [1.165, 1.54) is 5.57 Å². The number of anilines is 1. The summed E-state index contributed by atoms with van der Waals surface area (Å²) in [6.45, 7) is 3.30. The molecule has 3 aliphatic heterocycles. The van der Waals surface area contributed by atoms with Crippen LogP contribution in [0, 0.1) is 5.92 Å². The van der Waals surface area contributed by atoms with Crippen molar-refractivity contribution in [1.82, 2.24) is 9.62 Å². The lowest BCUT2D eigenvalue weighted by atomic mass is 9.93. The number of hydrogen-bond donors (Lipinski definition) is 2. The van der Waals surface area contributed by atoms with Crippen molar-refractivity contribution in [3.8, 4) is 11.5 Å². The third kappa shape index (κ3) is 4.15. The minimum atomic E-state index is -3.47. The molecule has 1 saturated heterocycles. The zero-order valence-corrected chi connectivity index (χ0v) is 18.3. The standard InChI is InChI=1S/C23H27N3O4S/c1-29-19-6-7-21-18(13-19)12-16(15-30-21)14-26-10-8-17(9-11-26)23-24-20-4-2-3-5-22(20)31(27,28)25-23/h2-7,12-13,17,23-25H,8-11,14-15H2,1H3/t23-/m0/s1. The Balaban J connectivity index is 1.21. The molecule has 0 aliphatic carbocycles. The summed E-state index contributed by atoms with van der Waals surface area (Å²) in [5, 5.41) is 3.39. The number of fused-ring (bicyclic) bond motifs is 2. The largest absolute Gasteiger partial charge is 0.497 e. The van der Waals surface area contributed by atoms with Crippen LogP contribution in [0.5, 0.6) is 11.5 Å². The van der Waals surface area contributed by atoms with Gasteiger partial charge in [-0.25, -0.2) is 8.42 Å². The molecule has 1 atom stereocenters. The van der Waals surface area contributed by atoms with Gasteiger partial charge in [0.25, 0.3) is 0 Å². The fraction of sp³-hybridized carbons (Fsp3) is 0.391. The normalized spacial score (nSPS) is 23.0. The van der Waals surface area contributed by atoms with E-state index < -0.39 is 10.0 Å². The highest BCUT2D eigenvalue weighted by Gasteiger charge is 2.35. The van der Waals surface area contributed by atoms with Gasteiger partial charge >= 0.3 is 0 Å². The molecule has 0 saturated carbocycles. The zero-order chi connectivity index (χ0) is 21.4. The Morgan fingerprint density at radius 2 is 1.97 bits per heavy atom. The summed E-state index contributed by atoms with van der Waals surface area (Å²) in [5.74, 6) is 1.96. The fourth-order valence-corrected chi connectivity index (χ4v) is 6.00. The van der Waals surface area contributed by atoms with Crippen molar-refractivity contribution in [1.29, 1.82) is 0 Å². The van der Waals surface area contributed by atoms with Crippen LogP contribution in [0.25, 0.3) is 6.08 Å². The van der Waals surface area contributed by atoms with Gasteiger partial charge in [0, 0.05) is 12.1 Å². The topological polar surface area (TPSA) is 79.9 Å². The smallest absolute Gasteiger partial charge is 0.244 e. The minimum Gasteiger partial charge on any atom is -0.497 e. The molecule has 164 valence electrons. The Morgan fingerprint density at radius 1 is 1.16 bits per heavy atom.